The molecule has 0 saturated heterocycles. The number of primary amides is 1. The molecule has 0 aliphatic heterocycles. The van der Waals surface area contributed by atoms with Crippen LogP contribution in [0.25, 0.3) is 0 Å². The molecule has 0 fully saturated rings. The summed E-state index contributed by atoms with van der Waals surface area (Å²) in [7, 11) is 0. The second-order valence-corrected chi connectivity index (χ2v) is 4.18. The lowest BCUT2D eigenvalue weighted by Gasteiger charge is -2.06. The highest BCUT2D eigenvalue weighted by atomic mass is 16.5. The molecular weight excluding hydrogens is 286 g/mol. The van der Waals surface area contributed by atoms with Gasteiger partial charge in [-0.25, -0.2) is 15.0 Å². The smallest absolute Gasteiger partial charge is 0.340 e. The van der Waals surface area contributed by atoms with Crippen LogP contribution in [-0.2, 0) is 9.53 Å². The number of ketones is 1. The second-order valence-electron chi connectivity index (χ2n) is 4.18. The van der Waals surface area contributed by atoms with Gasteiger partial charge in [0.1, 0.15) is 0 Å². The number of carbonyl (C=O) groups excluding carboxylic acids is 3. The van der Waals surface area contributed by atoms with E-state index in [1.165, 1.54) is 6.92 Å². The van der Waals surface area contributed by atoms with Gasteiger partial charge < -0.3 is 10.5 Å². The van der Waals surface area contributed by atoms with Crippen molar-refractivity contribution in [3.05, 3.63) is 47.5 Å². The standard InChI is InChI=1S/C15H17N3O4/c1-3-22-14(20)12(10(2)17-18-15(16)21)9-13(19)11-7-5-4-6-8-11/h4-9H,3H2,1-2H3,(H3,16,18,21)/b12-9-,17-10+. The van der Waals surface area contributed by atoms with E-state index in [1.807, 2.05) is 5.43 Å². The quantitative estimate of drug-likeness (QED) is 0.272. The van der Waals surface area contributed by atoms with E-state index >= 15 is 0 Å². The number of carbonyl (C=O) groups is 3. The van der Waals surface area contributed by atoms with Gasteiger partial charge in [0.15, 0.2) is 5.78 Å². The molecule has 7 nitrogen and oxygen atoms in total. The molecule has 0 atom stereocenters. The lowest BCUT2D eigenvalue weighted by molar-refractivity contribution is -0.137. The number of hydrazone groups is 1. The second kappa shape index (κ2) is 8.35. The molecule has 0 unspecified atom stereocenters. The van der Waals surface area contributed by atoms with Gasteiger partial charge in [0.25, 0.3) is 0 Å². The molecule has 0 aliphatic carbocycles. The first-order valence-corrected chi connectivity index (χ1v) is 6.54. The number of nitrogens with zero attached hydrogens (tertiary/aromatic N) is 1. The topological polar surface area (TPSA) is 111 Å². The third-order valence-electron chi connectivity index (χ3n) is 2.55. The highest BCUT2D eigenvalue weighted by Crippen LogP contribution is 2.07. The minimum Gasteiger partial charge on any atom is -0.462 e. The third-order valence-corrected chi connectivity index (χ3v) is 2.55. The minimum absolute atomic E-state index is 0.0514. The Bertz CT molecular complexity index is 621. The molecule has 0 spiro atoms. The van der Waals surface area contributed by atoms with Crippen molar-refractivity contribution in [3.8, 4) is 0 Å². The number of hydrogen-bond donors (Lipinski definition) is 2. The summed E-state index contributed by atoms with van der Waals surface area (Å²) >= 11 is 0. The average molecular weight is 303 g/mol. The van der Waals surface area contributed by atoms with Crippen molar-refractivity contribution in [2.45, 2.75) is 13.8 Å². The van der Waals surface area contributed by atoms with Crippen LogP contribution in [0.2, 0.25) is 0 Å². The number of esters is 1. The van der Waals surface area contributed by atoms with Gasteiger partial charge in [0, 0.05) is 11.6 Å². The fourth-order valence-electron chi connectivity index (χ4n) is 1.54. The van der Waals surface area contributed by atoms with Gasteiger partial charge in [-0.05, 0) is 13.8 Å². The summed E-state index contributed by atoms with van der Waals surface area (Å²) in [5.74, 6) is -1.09. The van der Waals surface area contributed by atoms with E-state index in [4.69, 9.17) is 10.5 Å². The SMILES string of the molecule is CCOC(=O)C(=C\C(=O)c1ccccc1)/C(C)=N/NC(N)=O. The zero-order chi connectivity index (χ0) is 16.5. The molecule has 0 saturated carbocycles. The van der Waals surface area contributed by atoms with Crippen LogP contribution in [0.1, 0.15) is 24.2 Å². The summed E-state index contributed by atoms with van der Waals surface area (Å²) in [6.45, 7) is 3.24. The van der Waals surface area contributed by atoms with Crippen LogP contribution in [0, 0.1) is 0 Å². The van der Waals surface area contributed by atoms with Crippen molar-refractivity contribution in [2.24, 2.45) is 10.8 Å². The number of hydrogen-bond acceptors (Lipinski definition) is 5. The Kier molecular flexibility index (Phi) is 6.49. The minimum atomic E-state index is -0.878. The van der Waals surface area contributed by atoms with E-state index < -0.39 is 12.0 Å². The van der Waals surface area contributed by atoms with Gasteiger partial charge in [-0.3, -0.25) is 4.79 Å². The number of urea groups is 1. The number of benzene rings is 1. The summed E-state index contributed by atoms with van der Waals surface area (Å²) in [6, 6.07) is 7.56. The number of rotatable bonds is 6. The van der Waals surface area contributed by atoms with Crippen molar-refractivity contribution in [3.63, 3.8) is 0 Å². The number of nitrogens with two attached hydrogens (primary N) is 1. The highest BCUT2D eigenvalue weighted by Gasteiger charge is 2.17. The number of allylic oxidation sites excluding steroid dienone is 1. The van der Waals surface area contributed by atoms with Crippen molar-refractivity contribution >= 4 is 23.5 Å². The molecule has 3 N–H and O–H groups in total. The van der Waals surface area contributed by atoms with Gasteiger partial charge in [0.05, 0.1) is 17.9 Å². The van der Waals surface area contributed by atoms with Crippen molar-refractivity contribution in [1.82, 2.24) is 5.43 Å². The maximum atomic E-state index is 12.2. The molecule has 1 aromatic carbocycles. The Labute approximate surface area is 127 Å². The summed E-state index contributed by atoms with van der Waals surface area (Å²) in [5.41, 5.74) is 7.39. The van der Waals surface area contributed by atoms with E-state index in [0.29, 0.717) is 5.56 Å². The number of nitrogens with one attached hydrogen (secondary N) is 1. The zero-order valence-corrected chi connectivity index (χ0v) is 12.3. The maximum absolute atomic E-state index is 12.2. The average Bonchev–Trinajstić information content (AvgIpc) is 2.51. The molecule has 2 amide bonds. The monoisotopic (exact) mass is 303 g/mol. The van der Waals surface area contributed by atoms with Crippen molar-refractivity contribution in [1.29, 1.82) is 0 Å². The van der Waals surface area contributed by atoms with Crippen LogP contribution in [-0.4, -0.2) is 30.1 Å². The molecule has 0 aromatic heterocycles. The van der Waals surface area contributed by atoms with Gasteiger partial charge in [-0.1, -0.05) is 30.3 Å². The molecule has 116 valence electrons. The zero-order valence-electron chi connectivity index (χ0n) is 12.3. The number of ether oxygens (including phenoxy) is 1. The normalized spacial score (nSPS) is 11.7. The predicted molar refractivity (Wildman–Crippen MR) is 81.3 cm³/mol. The van der Waals surface area contributed by atoms with Gasteiger partial charge in [0.2, 0.25) is 0 Å². The predicted octanol–water partition coefficient (Wildman–Crippen LogP) is 1.40. The Morgan fingerprint density at radius 2 is 1.91 bits per heavy atom. The first-order valence-electron chi connectivity index (χ1n) is 6.54. The molecule has 0 bridgehead atoms. The summed E-state index contributed by atoms with van der Waals surface area (Å²) in [5, 5.41) is 3.64. The Morgan fingerprint density at radius 3 is 2.45 bits per heavy atom. The lowest BCUT2D eigenvalue weighted by Crippen LogP contribution is -2.27. The van der Waals surface area contributed by atoms with E-state index in [0.717, 1.165) is 6.08 Å². The molecule has 0 aliphatic rings. The molecule has 0 radical (unpaired) electrons. The van der Waals surface area contributed by atoms with Crippen molar-refractivity contribution < 1.29 is 19.1 Å². The van der Waals surface area contributed by atoms with E-state index in [9.17, 15) is 14.4 Å². The Balaban J connectivity index is 3.11. The van der Waals surface area contributed by atoms with Crippen LogP contribution in [0.15, 0.2) is 47.1 Å². The molecule has 1 rings (SSSR count). The largest absolute Gasteiger partial charge is 0.462 e. The summed E-state index contributed by atoms with van der Waals surface area (Å²) < 4.78 is 4.88. The first-order chi connectivity index (χ1) is 10.5. The van der Waals surface area contributed by atoms with Crippen LogP contribution in [0.4, 0.5) is 4.79 Å². The molecular formula is C15H17N3O4. The summed E-state index contributed by atoms with van der Waals surface area (Å²) in [4.78, 5) is 34.8. The van der Waals surface area contributed by atoms with E-state index in [1.54, 1.807) is 37.3 Å². The van der Waals surface area contributed by atoms with Crippen LogP contribution >= 0.6 is 0 Å². The van der Waals surface area contributed by atoms with Crippen LogP contribution < -0.4 is 11.2 Å². The van der Waals surface area contributed by atoms with Crippen molar-refractivity contribution in [2.75, 3.05) is 6.61 Å². The van der Waals surface area contributed by atoms with Crippen LogP contribution in [0.3, 0.4) is 0 Å². The maximum Gasteiger partial charge on any atom is 0.340 e. The van der Waals surface area contributed by atoms with E-state index in [2.05, 4.69) is 5.10 Å². The van der Waals surface area contributed by atoms with Gasteiger partial charge in [-0.2, -0.15) is 5.10 Å². The van der Waals surface area contributed by atoms with Crippen LogP contribution in [0.5, 0.6) is 0 Å². The third kappa shape index (κ3) is 5.20. The fraction of sp³-hybridized carbons (Fsp3) is 0.200. The lowest BCUT2D eigenvalue weighted by atomic mass is 10.1. The van der Waals surface area contributed by atoms with Gasteiger partial charge >= 0.3 is 12.0 Å². The molecule has 22 heavy (non-hydrogen) atoms. The molecule has 1 aromatic rings. The highest BCUT2D eigenvalue weighted by molar-refractivity contribution is 6.23. The Hall–Kier alpha value is -2.96. The first kappa shape index (κ1) is 17.1. The summed E-state index contributed by atoms with van der Waals surface area (Å²) in [6.07, 6.45) is 1.12. The van der Waals surface area contributed by atoms with E-state index in [-0.39, 0.29) is 23.7 Å². The molecule has 7 heteroatoms. The fourth-order valence-corrected chi connectivity index (χ4v) is 1.54. The Morgan fingerprint density at radius 1 is 1.27 bits per heavy atom. The number of amides is 2. The molecule has 0 heterocycles. The van der Waals surface area contributed by atoms with Gasteiger partial charge in [-0.15, -0.1) is 0 Å².